The fraction of sp³-hybridized carbons (Fsp3) is 0.429. The molecule has 0 bridgehead atoms. The molecule has 7 heteroatoms. The monoisotopic (exact) mass is 402 g/mol. The molecule has 6 nitrogen and oxygen atoms in total. The van der Waals surface area contributed by atoms with Gasteiger partial charge in [0.25, 0.3) is 0 Å². The molecule has 3 N–H and O–H groups in total. The summed E-state index contributed by atoms with van der Waals surface area (Å²) in [6, 6.07) is 11.9. The van der Waals surface area contributed by atoms with Gasteiger partial charge in [-0.25, -0.2) is 0 Å². The standard InChI is InChI=1S/C21H27N3O3S/c1-15-5-7-17(8-6-15)14-22-20(25)21(26)23-16(2)19(18-4-3-13-28-18)24-9-11-27-12-10-24/h3-8,13,16,19H,9-12,14H2,1-2H3,(H,22,25)(H,23,26)/p+1/t16-,19-/m1/s1. The Morgan fingerprint density at radius 2 is 1.86 bits per heavy atom. The number of amides is 2. The van der Waals surface area contributed by atoms with Crippen molar-refractivity contribution in [3.05, 3.63) is 57.8 Å². The van der Waals surface area contributed by atoms with Crippen LogP contribution < -0.4 is 15.5 Å². The third-order valence-corrected chi connectivity index (χ3v) is 6.02. The second-order valence-electron chi connectivity index (χ2n) is 7.19. The SMILES string of the molecule is Cc1ccc(CNC(=O)C(=O)N[C@H](C)[C@H](c2cccs2)[NH+]2CCOCC2)cc1. The van der Waals surface area contributed by atoms with Crippen LogP contribution in [0.5, 0.6) is 0 Å². The largest absolute Gasteiger partial charge is 0.370 e. The van der Waals surface area contributed by atoms with Crippen LogP contribution in [0.15, 0.2) is 41.8 Å². The van der Waals surface area contributed by atoms with E-state index in [1.807, 2.05) is 49.6 Å². The molecule has 1 aliphatic heterocycles. The van der Waals surface area contributed by atoms with Crippen LogP contribution >= 0.6 is 11.3 Å². The number of hydrogen-bond donors (Lipinski definition) is 3. The van der Waals surface area contributed by atoms with Gasteiger partial charge in [0.05, 0.1) is 24.1 Å². The average molecular weight is 403 g/mol. The van der Waals surface area contributed by atoms with E-state index in [1.165, 1.54) is 9.78 Å². The highest BCUT2D eigenvalue weighted by molar-refractivity contribution is 7.10. The van der Waals surface area contributed by atoms with Crippen LogP contribution in [0.25, 0.3) is 0 Å². The van der Waals surface area contributed by atoms with E-state index in [2.05, 4.69) is 16.7 Å². The number of aryl methyl sites for hydroxylation is 1. The summed E-state index contributed by atoms with van der Waals surface area (Å²) in [6.45, 7) is 7.54. The molecule has 1 aromatic heterocycles. The lowest BCUT2D eigenvalue weighted by atomic mass is 10.1. The molecule has 1 saturated heterocycles. The second-order valence-corrected chi connectivity index (χ2v) is 8.17. The molecule has 2 amide bonds. The first-order valence-corrected chi connectivity index (χ1v) is 10.5. The van der Waals surface area contributed by atoms with Gasteiger partial charge in [0, 0.05) is 6.54 Å². The van der Waals surface area contributed by atoms with Crippen molar-refractivity contribution >= 4 is 23.2 Å². The van der Waals surface area contributed by atoms with Gasteiger partial charge in [-0.05, 0) is 30.9 Å². The Kier molecular flexibility index (Phi) is 7.19. The third kappa shape index (κ3) is 5.41. The maximum Gasteiger partial charge on any atom is 0.309 e. The van der Waals surface area contributed by atoms with Crippen LogP contribution in [0.3, 0.4) is 0 Å². The van der Waals surface area contributed by atoms with Crippen molar-refractivity contribution in [1.29, 1.82) is 0 Å². The molecule has 1 fully saturated rings. The van der Waals surface area contributed by atoms with Crippen molar-refractivity contribution in [3.8, 4) is 0 Å². The lowest BCUT2D eigenvalue weighted by Gasteiger charge is -2.34. The van der Waals surface area contributed by atoms with E-state index in [-0.39, 0.29) is 12.1 Å². The number of benzene rings is 1. The average Bonchev–Trinajstić information content (AvgIpc) is 3.22. The van der Waals surface area contributed by atoms with Crippen LogP contribution in [0.1, 0.15) is 29.0 Å². The summed E-state index contributed by atoms with van der Waals surface area (Å²) < 4.78 is 5.48. The zero-order valence-corrected chi connectivity index (χ0v) is 17.2. The molecule has 0 aliphatic carbocycles. The lowest BCUT2D eigenvalue weighted by Crippen LogP contribution is -3.15. The molecule has 2 atom stereocenters. The van der Waals surface area contributed by atoms with Crippen LogP contribution in [-0.2, 0) is 20.9 Å². The Morgan fingerprint density at radius 1 is 1.14 bits per heavy atom. The van der Waals surface area contributed by atoms with Crippen LogP contribution in [-0.4, -0.2) is 44.2 Å². The zero-order chi connectivity index (χ0) is 19.9. The van der Waals surface area contributed by atoms with E-state index in [9.17, 15) is 9.59 Å². The van der Waals surface area contributed by atoms with E-state index in [0.29, 0.717) is 6.54 Å². The van der Waals surface area contributed by atoms with Gasteiger partial charge >= 0.3 is 11.8 Å². The number of hydrogen-bond acceptors (Lipinski definition) is 4. The number of thiophene rings is 1. The molecule has 1 aromatic carbocycles. The lowest BCUT2D eigenvalue weighted by molar-refractivity contribution is -0.939. The predicted octanol–water partition coefficient (Wildman–Crippen LogP) is 0.834. The highest BCUT2D eigenvalue weighted by atomic mass is 32.1. The summed E-state index contributed by atoms with van der Waals surface area (Å²) in [5.41, 5.74) is 2.13. The van der Waals surface area contributed by atoms with Crippen LogP contribution in [0.2, 0.25) is 0 Å². The van der Waals surface area contributed by atoms with Gasteiger partial charge in [-0.3, -0.25) is 9.59 Å². The van der Waals surface area contributed by atoms with E-state index >= 15 is 0 Å². The summed E-state index contributed by atoms with van der Waals surface area (Å²) in [7, 11) is 0. The van der Waals surface area contributed by atoms with Gasteiger partial charge in [0.2, 0.25) is 0 Å². The molecular formula is C21H28N3O3S+. The maximum atomic E-state index is 12.4. The van der Waals surface area contributed by atoms with Crippen molar-refractivity contribution < 1.29 is 19.2 Å². The quantitative estimate of drug-likeness (QED) is 0.627. The summed E-state index contributed by atoms with van der Waals surface area (Å²) in [5.74, 6) is -1.19. The maximum absolute atomic E-state index is 12.4. The van der Waals surface area contributed by atoms with Gasteiger partial charge in [-0.2, -0.15) is 0 Å². The molecule has 2 heterocycles. The second kappa shape index (κ2) is 9.82. The molecule has 3 rings (SSSR count). The fourth-order valence-corrected chi connectivity index (χ4v) is 4.53. The summed E-state index contributed by atoms with van der Waals surface area (Å²) in [4.78, 5) is 27.3. The van der Waals surface area contributed by atoms with Crippen LogP contribution in [0.4, 0.5) is 0 Å². The molecular weight excluding hydrogens is 374 g/mol. The van der Waals surface area contributed by atoms with E-state index < -0.39 is 11.8 Å². The van der Waals surface area contributed by atoms with Crippen molar-refractivity contribution in [3.63, 3.8) is 0 Å². The summed E-state index contributed by atoms with van der Waals surface area (Å²) >= 11 is 1.68. The Morgan fingerprint density at radius 3 is 2.50 bits per heavy atom. The molecule has 0 spiro atoms. The molecule has 2 aromatic rings. The number of carbonyl (C=O) groups excluding carboxylic acids is 2. The molecule has 1 aliphatic rings. The number of carbonyl (C=O) groups is 2. The molecule has 0 saturated carbocycles. The first-order chi connectivity index (χ1) is 13.5. The van der Waals surface area contributed by atoms with Gasteiger partial charge in [0.1, 0.15) is 19.1 Å². The Hall–Kier alpha value is -2.22. The molecule has 0 unspecified atom stereocenters. The van der Waals surface area contributed by atoms with Gasteiger partial charge < -0.3 is 20.3 Å². The van der Waals surface area contributed by atoms with E-state index in [1.54, 1.807) is 11.3 Å². The highest BCUT2D eigenvalue weighted by Crippen LogP contribution is 2.20. The number of rotatable bonds is 6. The summed E-state index contributed by atoms with van der Waals surface area (Å²) in [5, 5.41) is 7.65. The van der Waals surface area contributed by atoms with Gasteiger partial charge in [0.15, 0.2) is 0 Å². The normalized spacial score (nSPS) is 16.9. The van der Waals surface area contributed by atoms with Crippen molar-refractivity contribution in [2.75, 3.05) is 26.3 Å². The first-order valence-electron chi connectivity index (χ1n) is 9.64. The number of morpholine rings is 1. The highest BCUT2D eigenvalue weighted by Gasteiger charge is 2.33. The van der Waals surface area contributed by atoms with Crippen LogP contribution in [0, 0.1) is 6.92 Å². The van der Waals surface area contributed by atoms with Crippen molar-refractivity contribution in [1.82, 2.24) is 10.6 Å². The first kappa shape index (κ1) is 20.5. The summed E-state index contributed by atoms with van der Waals surface area (Å²) in [6.07, 6.45) is 0. The molecule has 150 valence electrons. The number of quaternary nitrogens is 1. The topological polar surface area (TPSA) is 71.9 Å². The predicted molar refractivity (Wildman–Crippen MR) is 109 cm³/mol. The van der Waals surface area contributed by atoms with Gasteiger partial charge in [-0.15, -0.1) is 11.3 Å². The fourth-order valence-electron chi connectivity index (χ4n) is 3.54. The van der Waals surface area contributed by atoms with Gasteiger partial charge in [-0.1, -0.05) is 35.9 Å². The van der Waals surface area contributed by atoms with E-state index in [4.69, 9.17) is 4.74 Å². The third-order valence-electron chi connectivity index (χ3n) is 5.06. The van der Waals surface area contributed by atoms with Crippen molar-refractivity contribution in [2.24, 2.45) is 0 Å². The Bertz CT molecular complexity index is 771. The minimum atomic E-state index is -0.602. The number of ether oxygens (including phenoxy) is 1. The zero-order valence-electron chi connectivity index (χ0n) is 16.4. The minimum absolute atomic E-state index is 0.109. The van der Waals surface area contributed by atoms with Crippen molar-refractivity contribution in [2.45, 2.75) is 32.5 Å². The number of nitrogens with one attached hydrogen (secondary N) is 3. The van der Waals surface area contributed by atoms with E-state index in [0.717, 1.165) is 37.4 Å². The minimum Gasteiger partial charge on any atom is -0.370 e. The molecule has 0 radical (unpaired) electrons. The molecule has 28 heavy (non-hydrogen) atoms. The Balaban J connectivity index is 1.58. The smallest absolute Gasteiger partial charge is 0.309 e. The Labute approximate surface area is 169 Å².